The first-order valence-electron chi connectivity index (χ1n) is 13.3. The molecule has 0 fully saturated rings. The molecule has 30 heavy (non-hydrogen) atoms. The highest BCUT2D eigenvalue weighted by molar-refractivity contribution is 4.84. The molecule has 2 N–H and O–H groups in total. The van der Waals surface area contributed by atoms with Crippen LogP contribution in [-0.4, -0.2) is 28.5 Å². The maximum Gasteiger partial charge on any atom is 0.193 e. The summed E-state index contributed by atoms with van der Waals surface area (Å²) < 4.78 is 0.675. The van der Waals surface area contributed by atoms with Gasteiger partial charge in [0.15, 0.2) is 12.4 Å². The summed E-state index contributed by atoms with van der Waals surface area (Å²) in [6.45, 7) is 7.31. The fourth-order valence-electron chi connectivity index (χ4n) is 4.77. The summed E-state index contributed by atoms with van der Waals surface area (Å²) >= 11 is 0. The number of aliphatic hydroxyl groups excluding tert-OH is 1. The van der Waals surface area contributed by atoms with E-state index in [0.717, 1.165) is 13.0 Å². The van der Waals surface area contributed by atoms with Gasteiger partial charge in [-0.2, -0.15) is 0 Å². The molecule has 1 aliphatic heterocycles. The molecule has 0 amide bonds. The van der Waals surface area contributed by atoms with E-state index in [1.165, 1.54) is 103 Å². The molecule has 0 aromatic rings. The Bertz CT molecular complexity index is 446. The molecule has 0 saturated carbocycles. The number of hydrogen-bond donors (Lipinski definition) is 2. The first kappa shape index (κ1) is 27.2. The number of quaternary nitrogens is 1. The van der Waals surface area contributed by atoms with Gasteiger partial charge in [0.25, 0.3) is 0 Å². The quantitative estimate of drug-likeness (QED) is 0.119. The fraction of sp³-hybridized carbons (Fsp3) is 0.852. The van der Waals surface area contributed by atoms with Crippen molar-refractivity contribution >= 4 is 0 Å². The van der Waals surface area contributed by atoms with E-state index in [2.05, 4.69) is 37.5 Å². The Balaban J connectivity index is 1.85. The second kappa shape index (κ2) is 17.8. The van der Waals surface area contributed by atoms with E-state index in [-0.39, 0.29) is 6.23 Å². The minimum Gasteiger partial charge on any atom is -0.345 e. The molecule has 0 aromatic heterocycles. The molecule has 0 spiro atoms. The smallest absolute Gasteiger partial charge is 0.193 e. The van der Waals surface area contributed by atoms with E-state index in [0.29, 0.717) is 10.6 Å². The first-order valence-corrected chi connectivity index (χ1v) is 13.3. The molecule has 1 aliphatic rings. The van der Waals surface area contributed by atoms with Crippen LogP contribution in [0.25, 0.3) is 0 Å². The number of hydrogen-bond acceptors (Lipinski definition) is 2. The average Bonchev–Trinajstić information content (AvgIpc) is 3.17. The van der Waals surface area contributed by atoms with Gasteiger partial charge in [-0.3, -0.25) is 4.48 Å². The van der Waals surface area contributed by atoms with E-state index in [1.807, 2.05) is 13.1 Å². The number of rotatable bonds is 20. The highest BCUT2D eigenvalue weighted by Crippen LogP contribution is 2.26. The van der Waals surface area contributed by atoms with Crippen LogP contribution in [0.4, 0.5) is 0 Å². The topological polar surface area (TPSA) is 32.3 Å². The van der Waals surface area contributed by atoms with Gasteiger partial charge in [0.2, 0.25) is 0 Å². The van der Waals surface area contributed by atoms with Crippen LogP contribution in [0, 0.1) is 0 Å². The third-order valence-electron chi connectivity index (χ3n) is 6.95. The number of aliphatic hydroxyl groups is 1. The summed E-state index contributed by atoms with van der Waals surface area (Å²) in [6.07, 6.45) is 32.0. The van der Waals surface area contributed by atoms with Gasteiger partial charge in [0, 0.05) is 13.3 Å². The van der Waals surface area contributed by atoms with Gasteiger partial charge in [-0.25, -0.2) is 0 Å². The second-order valence-corrected chi connectivity index (χ2v) is 9.37. The van der Waals surface area contributed by atoms with Crippen LogP contribution in [0.5, 0.6) is 0 Å². The number of unbranched alkanes of at least 4 members (excludes halogenated alkanes) is 14. The molecule has 3 atom stereocenters. The van der Waals surface area contributed by atoms with E-state index < -0.39 is 0 Å². The lowest BCUT2D eigenvalue weighted by Gasteiger charge is -2.39. The fourth-order valence-corrected chi connectivity index (χ4v) is 4.77. The van der Waals surface area contributed by atoms with Crippen LogP contribution < -0.4 is 5.32 Å². The van der Waals surface area contributed by atoms with Crippen molar-refractivity contribution in [3.05, 3.63) is 24.6 Å². The van der Waals surface area contributed by atoms with Crippen molar-refractivity contribution in [1.82, 2.24) is 5.32 Å². The lowest BCUT2D eigenvalue weighted by atomic mass is 10.0. The molecule has 3 unspecified atom stereocenters. The minimum absolute atomic E-state index is 0.335. The van der Waals surface area contributed by atoms with Gasteiger partial charge in [0.1, 0.15) is 6.20 Å². The Morgan fingerprint density at radius 2 is 1.30 bits per heavy atom. The Morgan fingerprint density at radius 1 is 0.800 bits per heavy atom. The average molecular weight is 422 g/mol. The molecule has 0 radical (unpaired) electrons. The van der Waals surface area contributed by atoms with Crippen LogP contribution >= 0.6 is 0 Å². The van der Waals surface area contributed by atoms with Crippen molar-refractivity contribution in [1.29, 1.82) is 0 Å². The summed E-state index contributed by atoms with van der Waals surface area (Å²) in [5, 5.41) is 13.7. The third-order valence-corrected chi connectivity index (χ3v) is 6.95. The van der Waals surface area contributed by atoms with Crippen molar-refractivity contribution < 1.29 is 9.59 Å². The summed E-state index contributed by atoms with van der Waals surface area (Å²) in [5.41, 5.74) is 0. The first-order chi connectivity index (χ1) is 14.7. The lowest BCUT2D eigenvalue weighted by molar-refractivity contribution is -0.942. The van der Waals surface area contributed by atoms with Crippen molar-refractivity contribution in [2.24, 2.45) is 0 Å². The van der Waals surface area contributed by atoms with E-state index in [9.17, 15) is 5.11 Å². The van der Waals surface area contributed by atoms with Crippen LogP contribution in [0.3, 0.4) is 0 Å². The molecule has 176 valence electrons. The van der Waals surface area contributed by atoms with Gasteiger partial charge in [0.05, 0.1) is 12.7 Å². The van der Waals surface area contributed by atoms with Crippen LogP contribution in [0.2, 0.25) is 0 Å². The molecular formula is C27H53N2O+. The highest BCUT2D eigenvalue weighted by atomic mass is 16.3. The summed E-state index contributed by atoms with van der Waals surface area (Å²) in [7, 11) is 0. The normalized spacial score (nSPS) is 22.1. The zero-order valence-electron chi connectivity index (χ0n) is 20.6. The zero-order chi connectivity index (χ0) is 21.9. The van der Waals surface area contributed by atoms with E-state index in [1.54, 1.807) is 0 Å². The monoisotopic (exact) mass is 421 g/mol. The standard InChI is InChI=1S/C27H53N2O/c1-4-6-7-8-9-10-11-12-13-14-15-16-17-18-19-20-21-22-23-27-28-24-25-29(27,5-2)26(3)30/h10-11,24-28,30H,4-9,12-23H2,1-3H3/q+1/b11-10+. The third kappa shape index (κ3) is 11.0. The number of allylic oxidation sites excluding steroid dienone is 2. The van der Waals surface area contributed by atoms with Gasteiger partial charge >= 0.3 is 0 Å². The van der Waals surface area contributed by atoms with E-state index in [4.69, 9.17) is 0 Å². The Labute approximate surface area is 188 Å². The van der Waals surface area contributed by atoms with Gasteiger partial charge in [-0.05, 0) is 39.0 Å². The highest BCUT2D eigenvalue weighted by Gasteiger charge is 2.40. The second-order valence-electron chi connectivity index (χ2n) is 9.37. The predicted molar refractivity (Wildman–Crippen MR) is 132 cm³/mol. The minimum atomic E-state index is -0.335. The van der Waals surface area contributed by atoms with Crippen LogP contribution in [-0.2, 0) is 0 Å². The zero-order valence-corrected chi connectivity index (χ0v) is 20.6. The molecular weight excluding hydrogens is 368 g/mol. The van der Waals surface area contributed by atoms with E-state index >= 15 is 0 Å². The van der Waals surface area contributed by atoms with Crippen LogP contribution in [0.15, 0.2) is 24.6 Å². The molecule has 3 heteroatoms. The molecule has 1 heterocycles. The maximum atomic E-state index is 10.2. The van der Waals surface area contributed by atoms with Crippen LogP contribution in [0.1, 0.15) is 130 Å². The molecule has 0 aliphatic carbocycles. The number of nitrogens with zero attached hydrogens (tertiary/aromatic N) is 1. The number of nitrogens with one attached hydrogen (secondary N) is 1. The lowest BCUT2D eigenvalue weighted by Crippen LogP contribution is -2.57. The molecule has 1 rings (SSSR count). The van der Waals surface area contributed by atoms with Gasteiger partial charge in [-0.1, -0.05) is 89.7 Å². The van der Waals surface area contributed by atoms with Crippen molar-refractivity contribution in [2.75, 3.05) is 6.54 Å². The molecule has 0 aromatic carbocycles. The SMILES string of the molecule is CCCCCC/C=C/CCCCCCCCCCCCC1NC=C[N+]1(CC)C(C)O. The molecule has 0 saturated heterocycles. The summed E-state index contributed by atoms with van der Waals surface area (Å²) in [4.78, 5) is 0. The van der Waals surface area contributed by atoms with Crippen molar-refractivity contribution in [2.45, 2.75) is 142 Å². The van der Waals surface area contributed by atoms with Crippen molar-refractivity contribution in [3.8, 4) is 0 Å². The van der Waals surface area contributed by atoms with Gasteiger partial charge in [-0.15, -0.1) is 0 Å². The van der Waals surface area contributed by atoms with Gasteiger partial charge < -0.3 is 10.4 Å². The maximum absolute atomic E-state index is 10.2. The largest absolute Gasteiger partial charge is 0.345 e. The Kier molecular flexibility index (Phi) is 16.2. The predicted octanol–water partition coefficient (Wildman–Crippen LogP) is 7.77. The molecule has 3 nitrogen and oxygen atoms in total. The molecule has 0 bridgehead atoms. The van der Waals surface area contributed by atoms with Crippen molar-refractivity contribution in [3.63, 3.8) is 0 Å². The summed E-state index contributed by atoms with van der Waals surface area (Å²) in [6, 6.07) is 0. The Hall–Kier alpha value is -0.800. The Morgan fingerprint density at radius 3 is 1.80 bits per heavy atom. The summed E-state index contributed by atoms with van der Waals surface area (Å²) in [5.74, 6) is 0.